The molecule has 0 bridgehead atoms. The third-order valence-electron chi connectivity index (χ3n) is 4.94. The first-order valence-corrected chi connectivity index (χ1v) is 9.61. The molecule has 3 heterocycles. The number of anilines is 2. The molecular formula is C23H17FN6O. The van der Waals surface area contributed by atoms with Gasteiger partial charge >= 0.3 is 0 Å². The number of hydrogen-bond acceptors (Lipinski definition) is 5. The Labute approximate surface area is 176 Å². The van der Waals surface area contributed by atoms with Gasteiger partial charge in [-0.1, -0.05) is 24.3 Å². The van der Waals surface area contributed by atoms with Crippen molar-refractivity contribution in [3.8, 4) is 0 Å². The molecule has 1 amide bonds. The number of benzene rings is 2. The summed E-state index contributed by atoms with van der Waals surface area (Å²) >= 11 is 0. The number of nitrogens with two attached hydrogens (primary N) is 1. The van der Waals surface area contributed by atoms with Crippen LogP contribution in [-0.4, -0.2) is 25.3 Å². The Morgan fingerprint density at radius 3 is 2.77 bits per heavy atom. The number of pyridine rings is 1. The van der Waals surface area contributed by atoms with Crippen molar-refractivity contribution in [1.82, 2.24) is 19.4 Å². The number of para-hydroxylation sites is 1. The van der Waals surface area contributed by atoms with Crippen molar-refractivity contribution >= 4 is 34.2 Å². The molecule has 0 aliphatic rings. The molecule has 0 fully saturated rings. The van der Waals surface area contributed by atoms with Crippen LogP contribution in [0.4, 0.5) is 16.2 Å². The van der Waals surface area contributed by atoms with Crippen molar-refractivity contribution in [3.05, 3.63) is 95.7 Å². The van der Waals surface area contributed by atoms with Crippen molar-refractivity contribution in [1.29, 1.82) is 0 Å². The summed E-state index contributed by atoms with van der Waals surface area (Å²) < 4.78 is 15.8. The number of nitrogens with one attached hydrogen (secondary N) is 1. The molecule has 2 aromatic carbocycles. The molecule has 5 aromatic rings. The highest BCUT2D eigenvalue weighted by Gasteiger charge is 2.14. The Bertz CT molecular complexity index is 1430. The van der Waals surface area contributed by atoms with Crippen molar-refractivity contribution in [2.45, 2.75) is 6.42 Å². The lowest BCUT2D eigenvalue weighted by molar-refractivity contribution is 0.102. The first-order chi connectivity index (χ1) is 15.1. The molecule has 8 heteroatoms. The summed E-state index contributed by atoms with van der Waals surface area (Å²) in [5, 5.41) is 3.36. The Kier molecular flexibility index (Phi) is 4.51. The van der Waals surface area contributed by atoms with Crippen LogP contribution in [-0.2, 0) is 6.42 Å². The number of nitrogens with zero attached hydrogens (tertiary/aromatic N) is 4. The molecule has 3 aromatic heterocycles. The van der Waals surface area contributed by atoms with Crippen LogP contribution < -0.4 is 11.1 Å². The maximum atomic E-state index is 14.1. The minimum absolute atomic E-state index is 0.162. The molecule has 5 rings (SSSR count). The summed E-state index contributed by atoms with van der Waals surface area (Å²) in [5.41, 5.74) is 8.90. The van der Waals surface area contributed by atoms with E-state index in [2.05, 4.69) is 20.3 Å². The fourth-order valence-corrected chi connectivity index (χ4v) is 3.51. The van der Waals surface area contributed by atoms with Crippen LogP contribution in [0.2, 0.25) is 0 Å². The van der Waals surface area contributed by atoms with Gasteiger partial charge in [-0.15, -0.1) is 0 Å². The van der Waals surface area contributed by atoms with Crippen LogP contribution in [0.25, 0.3) is 16.6 Å². The molecule has 0 spiro atoms. The number of imidazole rings is 1. The van der Waals surface area contributed by atoms with Gasteiger partial charge in [0.25, 0.3) is 5.91 Å². The van der Waals surface area contributed by atoms with Crippen molar-refractivity contribution in [2.24, 2.45) is 0 Å². The molecule has 0 radical (unpaired) electrons. The van der Waals surface area contributed by atoms with Crippen molar-refractivity contribution in [2.75, 3.05) is 11.1 Å². The first-order valence-electron chi connectivity index (χ1n) is 9.61. The number of carbonyl (C=O) groups excluding carboxylic acids is 1. The van der Waals surface area contributed by atoms with Gasteiger partial charge in [0.1, 0.15) is 22.8 Å². The number of hydrogen-bond donors (Lipinski definition) is 2. The predicted octanol–water partition coefficient (Wildman–Crippen LogP) is 3.84. The Morgan fingerprint density at radius 1 is 1.06 bits per heavy atom. The van der Waals surface area contributed by atoms with Crippen molar-refractivity contribution in [3.63, 3.8) is 0 Å². The van der Waals surface area contributed by atoms with Crippen LogP contribution >= 0.6 is 0 Å². The van der Waals surface area contributed by atoms with Crippen molar-refractivity contribution < 1.29 is 9.18 Å². The van der Waals surface area contributed by atoms with E-state index >= 15 is 0 Å². The summed E-state index contributed by atoms with van der Waals surface area (Å²) in [6.07, 6.45) is 3.87. The average molecular weight is 412 g/mol. The van der Waals surface area contributed by atoms with Gasteiger partial charge in [-0.25, -0.2) is 19.3 Å². The van der Waals surface area contributed by atoms with Gasteiger partial charge in [-0.2, -0.15) is 0 Å². The van der Waals surface area contributed by atoms with E-state index in [1.165, 1.54) is 6.07 Å². The van der Waals surface area contributed by atoms with Crippen LogP contribution in [0.5, 0.6) is 0 Å². The van der Waals surface area contributed by atoms with Gasteiger partial charge < -0.3 is 11.1 Å². The van der Waals surface area contributed by atoms with Gasteiger partial charge in [-0.3, -0.25) is 9.20 Å². The molecule has 0 aliphatic heterocycles. The number of fused-ring (bicyclic) bond motifs is 3. The minimum atomic E-state index is -0.442. The summed E-state index contributed by atoms with van der Waals surface area (Å²) in [5.74, 6) is -0.0384. The zero-order valence-corrected chi connectivity index (χ0v) is 16.3. The monoisotopic (exact) mass is 412 g/mol. The van der Waals surface area contributed by atoms with E-state index in [1.54, 1.807) is 53.2 Å². The van der Waals surface area contributed by atoms with Gasteiger partial charge in [0.05, 0.1) is 5.69 Å². The normalized spacial score (nSPS) is 11.1. The molecule has 3 N–H and O–H groups in total. The topological polar surface area (TPSA) is 98.2 Å². The average Bonchev–Trinajstić information content (AvgIpc) is 3.20. The fourth-order valence-electron chi connectivity index (χ4n) is 3.51. The highest BCUT2D eigenvalue weighted by atomic mass is 19.1. The lowest BCUT2D eigenvalue weighted by Crippen LogP contribution is -2.13. The molecular weight excluding hydrogens is 395 g/mol. The van der Waals surface area contributed by atoms with Crippen LogP contribution in [0.3, 0.4) is 0 Å². The van der Waals surface area contributed by atoms with Gasteiger partial charge in [-0.05, 0) is 42.0 Å². The van der Waals surface area contributed by atoms with E-state index in [-0.39, 0.29) is 17.4 Å². The second kappa shape index (κ2) is 7.49. The highest BCUT2D eigenvalue weighted by Crippen LogP contribution is 2.24. The van der Waals surface area contributed by atoms with Gasteiger partial charge in [0.2, 0.25) is 5.95 Å². The number of carbonyl (C=O) groups is 1. The van der Waals surface area contributed by atoms with Gasteiger partial charge in [0.15, 0.2) is 0 Å². The number of nitrogen functional groups attached to an aromatic ring is 1. The molecule has 0 atom stereocenters. The molecule has 0 aliphatic carbocycles. The molecule has 31 heavy (non-hydrogen) atoms. The molecule has 152 valence electrons. The van der Waals surface area contributed by atoms with E-state index < -0.39 is 5.82 Å². The quantitative estimate of drug-likeness (QED) is 0.467. The summed E-state index contributed by atoms with van der Waals surface area (Å²) in [6, 6.07) is 17.3. The number of amides is 1. The maximum Gasteiger partial charge on any atom is 0.256 e. The molecule has 0 saturated carbocycles. The molecule has 0 unspecified atom stereocenters. The summed E-state index contributed by atoms with van der Waals surface area (Å²) in [7, 11) is 0. The fraction of sp³-hybridized carbons (Fsp3) is 0.0435. The Balaban J connectivity index is 1.45. The maximum absolute atomic E-state index is 14.1. The van der Waals surface area contributed by atoms with Crippen LogP contribution in [0, 0.1) is 5.82 Å². The summed E-state index contributed by atoms with van der Waals surface area (Å²) in [4.78, 5) is 25.5. The molecule has 7 nitrogen and oxygen atoms in total. The number of rotatable bonds is 4. The number of halogens is 1. The Morgan fingerprint density at radius 2 is 1.94 bits per heavy atom. The third-order valence-corrected chi connectivity index (χ3v) is 4.94. The summed E-state index contributed by atoms with van der Waals surface area (Å²) in [6.45, 7) is 0. The Hall–Kier alpha value is -4.33. The van der Waals surface area contributed by atoms with Gasteiger partial charge in [0, 0.05) is 29.8 Å². The van der Waals surface area contributed by atoms with E-state index in [1.807, 2.05) is 18.2 Å². The predicted molar refractivity (Wildman–Crippen MR) is 116 cm³/mol. The highest BCUT2D eigenvalue weighted by molar-refractivity contribution is 6.03. The first kappa shape index (κ1) is 18.7. The van der Waals surface area contributed by atoms with Crippen LogP contribution in [0.1, 0.15) is 21.6 Å². The zero-order chi connectivity index (χ0) is 21.4. The molecule has 0 saturated heterocycles. The second-order valence-corrected chi connectivity index (χ2v) is 7.08. The number of aromatic nitrogens is 4. The zero-order valence-electron chi connectivity index (χ0n) is 16.3. The van der Waals surface area contributed by atoms with E-state index in [9.17, 15) is 9.18 Å². The van der Waals surface area contributed by atoms with Crippen LogP contribution in [0.15, 0.2) is 73.1 Å². The lowest BCUT2D eigenvalue weighted by Gasteiger charge is -2.06. The lowest BCUT2D eigenvalue weighted by atomic mass is 10.1. The van der Waals surface area contributed by atoms with E-state index in [0.717, 1.165) is 11.3 Å². The standard InChI is InChI=1S/C23H17FN6O/c24-18-8-4-7-17-20(18)29-23(25)30-13-16(27-21(17)30)12-14-5-3-6-15(11-14)22(31)28-19-9-1-2-10-26-19/h1-11,13H,12H2,(H2,25,29)(H,26,28,31). The SMILES string of the molecule is Nc1nc2c(F)cccc2c2nc(Cc3cccc(C(=O)Nc4ccccn4)c3)cn12. The van der Waals surface area contributed by atoms with E-state index in [4.69, 9.17) is 5.73 Å². The second-order valence-electron chi connectivity index (χ2n) is 7.08. The van der Waals surface area contributed by atoms with E-state index in [0.29, 0.717) is 28.8 Å². The smallest absolute Gasteiger partial charge is 0.256 e. The largest absolute Gasteiger partial charge is 0.369 e. The third kappa shape index (κ3) is 3.55. The minimum Gasteiger partial charge on any atom is -0.369 e.